The molecular formula is C13H15FN4. The maximum atomic E-state index is 12.9. The number of halogens is 1. The number of aryl methyl sites for hydroxylation is 1. The smallest absolute Gasteiger partial charge is 0.239 e. The van der Waals surface area contributed by atoms with Crippen LogP contribution in [0.2, 0.25) is 0 Å². The van der Waals surface area contributed by atoms with Gasteiger partial charge in [0.2, 0.25) is 5.95 Å². The van der Waals surface area contributed by atoms with Gasteiger partial charge in [-0.05, 0) is 31.0 Å². The van der Waals surface area contributed by atoms with Crippen LogP contribution < -0.4 is 5.73 Å². The van der Waals surface area contributed by atoms with Crippen molar-refractivity contribution in [3.63, 3.8) is 0 Å². The predicted molar refractivity (Wildman–Crippen MR) is 66.6 cm³/mol. The van der Waals surface area contributed by atoms with E-state index < -0.39 is 0 Å². The number of hydrogen-bond donors (Lipinski definition) is 1. The lowest BCUT2D eigenvalue weighted by atomic mass is 9.86. The first kappa shape index (κ1) is 11.2. The van der Waals surface area contributed by atoms with Crippen LogP contribution in [0, 0.1) is 5.82 Å². The molecule has 1 aromatic heterocycles. The summed E-state index contributed by atoms with van der Waals surface area (Å²) in [5.74, 6) is 1.40. The minimum atomic E-state index is -0.201. The van der Waals surface area contributed by atoms with Gasteiger partial charge in [0.1, 0.15) is 11.6 Å². The van der Waals surface area contributed by atoms with Gasteiger partial charge >= 0.3 is 0 Å². The van der Waals surface area contributed by atoms with Gasteiger partial charge in [-0.15, -0.1) is 5.10 Å². The van der Waals surface area contributed by atoms with Crippen LogP contribution in [-0.4, -0.2) is 14.8 Å². The highest BCUT2D eigenvalue weighted by Crippen LogP contribution is 2.36. The molecule has 3 rings (SSSR count). The molecule has 2 heterocycles. The van der Waals surface area contributed by atoms with E-state index in [9.17, 15) is 4.39 Å². The van der Waals surface area contributed by atoms with Crippen molar-refractivity contribution in [3.8, 4) is 0 Å². The van der Waals surface area contributed by atoms with Gasteiger partial charge in [0.15, 0.2) is 0 Å². The quantitative estimate of drug-likeness (QED) is 0.839. The van der Waals surface area contributed by atoms with E-state index in [4.69, 9.17) is 5.73 Å². The first-order chi connectivity index (χ1) is 8.65. The summed E-state index contributed by atoms with van der Waals surface area (Å²) in [6.45, 7) is 2.10. The molecule has 2 unspecified atom stereocenters. The largest absolute Gasteiger partial charge is 0.366 e. The Morgan fingerprint density at radius 3 is 2.78 bits per heavy atom. The Bertz CT molecular complexity index is 561. The molecule has 0 spiro atoms. The van der Waals surface area contributed by atoms with Crippen LogP contribution in [0.4, 0.5) is 10.3 Å². The van der Waals surface area contributed by atoms with Gasteiger partial charge in [-0.2, -0.15) is 4.98 Å². The summed E-state index contributed by atoms with van der Waals surface area (Å²) in [6, 6.07) is 6.91. The molecule has 0 fully saturated rings. The predicted octanol–water partition coefficient (Wildman–Crippen LogP) is 2.29. The summed E-state index contributed by atoms with van der Waals surface area (Å²) < 4.78 is 14.8. The fraction of sp³-hybridized carbons (Fsp3) is 0.385. The second kappa shape index (κ2) is 4.08. The lowest BCUT2D eigenvalue weighted by molar-refractivity contribution is 0.338. The molecule has 0 aliphatic carbocycles. The lowest BCUT2D eigenvalue weighted by Gasteiger charge is -2.29. The minimum absolute atomic E-state index is 0.198. The van der Waals surface area contributed by atoms with Gasteiger partial charge in [0, 0.05) is 12.3 Å². The van der Waals surface area contributed by atoms with Gasteiger partial charge in [0.05, 0.1) is 6.04 Å². The maximum absolute atomic E-state index is 12.9. The van der Waals surface area contributed by atoms with Crippen LogP contribution in [-0.2, 0) is 6.42 Å². The number of benzene rings is 1. The number of fused-ring (bicyclic) bond motifs is 1. The number of nitrogens with zero attached hydrogens (tertiary/aromatic N) is 3. The van der Waals surface area contributed by atoms with Gasteiger partial charge in [-0.25, -0.2) is 9.07 Å². The van der Waals surface area contributed by atoms with Crippen LogP contribution in [0.25, 0.3) is 0 Å². The van der Waals surface area contributed by atoms with Crippen molar-refractivity contribution in [1.82, 2.24) is 14.8 Å². The van der Waals surface area contributed by atoms with E-state index in [2.05, 4.69) is 17.0 Å². The van der Waals surface area contributed by atoms with E-state index in [1.54, 1.807) is 0 Å². The number of nitrogen functional groups attached to an aromatic ring is 1. The van der Waals surface area contributed by atoms with Crippen LogP contribution in [0.3, 0.4) is 0 Å². The Labute approximate surface area is 105 Å². The van der Waals surface area contributed by atoms with Crippen molar-refractivity contribution >= 4 is 5.95 Å². The van der Waals surface area contributed by atoms with Crippen molar-refractivity contribution in [2.24, 2.45) is 0 Å². The van der Waals surface area contributed by atoms with E-state index in [1.165, 1.54) is 12.1 Å². The van der Waals surface area contributed by atoms with E-state index in [-0.39, 0.29) is 11.9 Å². The van der Waals surface area contributed by atoms with Crippen molar-refractivity contribution in [2.45, 2.75) is 31.7 Å². The molecule has 2 aromatic rings. The minimum Gasteiger partial charge on any atom is -0.366 e. The highest BCUT2D eigenvalue weighted by Gasteiger charge is 2.29. The molecule has 94 valence electrons. The van der Waals surface area contributed by atoms with E-state index in [0.717, 1.165) is 24.2 Å². The van der Waals surface area contributed by atoms with E-state index in [0.29, 0.717) is 11.9 Å². The Balaban J connectivity index is 1.94. The zero-order chi connectivity index (χ0) is 12.7. The summed E-state index contributed by atoms with van der Waals surface area (Å²) >= 11 is 0. The number of anilines is 1. The first-order valence-corrected chi connectivity index (χ1v) is 6.11. The number of hydrogen-bond acceptors (Lipinski definition) is 3. The highest BCUT2D eigenvalue weighted by molar-refractivity contribution is 5.24. The summed E-state index contributed by atoms with van der Waals surface area (Å²) in [5.41, 5.74) is 6.77. The third-order valence-corrected chi connectivity index (χ3v) is 3.66. The van der Waals surface area contributed by atoms with Crippen molar-refractivity contribution in [3.05, 3.63) is 41.5 Å². The standard InChI is InChI=1S/C13H15FN4/c1-8-11(9-2-4-10(14)5-3-9)6-7-12-16-13(15)17-18(8)12/h2-5,8,11H,6-7H2,1H3,(H2,15,17). The van der Waals surface area contributed by atoms with Gasteiger partial charge < -0.3 is 5.73 Å². The van der Waals surface area contributed by atoms with Gasteiger partial charge in [-0.3, -0.25) is 0 Å². The topological polar surface area (TPSA) is 56.7 Å². The Morgan fingerprint density at radius 1 is 1.33 bits per heavy atom. The first-order valence-electron chi connectivity index (χ1n) is 6.11. The SMILES string of the molecule is CC1C(c2ccc(F)cc2)CCc2nc(N)nn21. The van der Waals surface area contributed by atoms with Crippen LogP contribution in [0.15, 0.2) is 24.3 Å². The normalized spacial score (nSPS) is 22.8. The fourth-order valence-electron chi connectivity index (χ4n) is 2.72. The average molecular weight is 246 g/mol. The molecule has 0 bridgehead atoms. The van der Waals surface area contributed by atoms with Gasteiger partial charge in [0.25, 0.3) is 0 Å². The van der Waals surface area contributed by atoms with Crippen molar-refractivity contribution < 1.29 is 4.39 Å². The third-order valence-electron chi connectivity index (χ3n) is 3.66. The zero-order valence-electron chi connectivity index (χ0n) is 10.2. The van der Waals surface area contributed by atoms with Crippen molar-refractivity contribution in [2.75, 3.05) is 5.73 Å². The molecule has 2 atom stereocenters. The van der Waals surface area contributed by atoms with E-state index >= 15 is 0 Å². The molecule has 1 aliphatic heterocycles. The molecular weight excluding hydrogens is 231 g/mol. The average Bonchev–Trinajstić information content (AvgIpc) is 2.73. The summed E-state index contributed by atoms with van der Waals surface area (Å²) in [5, 5.41) is 4.23. The summed E-state index contributed by atoms with van der Waals surface area (Å²) in [7, 11) is 0. The zero-order valence-corrected chi connectivity index (χ0v) is 10.2. The molecule has 0 saturated heterocycles. The van der Waals surface area contributed by atoms with Crippen LogP contribution in [0.5, 0.6) is 0 Å². The molecule has 4 nitrogen and oxygen atoms in total. The number of nitrogens with two attached hydrogens (primary N) is 1. The Kier molecular flexibility index (Phi) is 2.54. The summed E-state index contributed by atoms with van der Waals surface area (Å²) in [4.78, 5) is 4.21. The van der Waals surface area contributed by atoms with Crippen LogP contribution in [0.1, 0.15) is 36.7 Å². The lowest BCUT2D eigenvalue weighted by Crippen LogP contribution is -2.24. The molecule has 0 amide bonds. The molecule has 0 saturated carbocycles. The fourth-order valence-corrected chi connectivity index (χ4v) is 2.72. The second-order valence-corrected chi connectivity index (χ2v) is 4.77. The Hall–Kier alpha value is -1.91. The summed E-state index contributed by atoms with van der Waals surface area (Å²) in [6.07, 6.45) is 1.85. The van der Waals surface area contributed by atoms with Crippen molar-refractivity contribution in [1.29, 1.82) is 0 Å². The molecule has 18 heavy (non-hydrogen) atoms. The van der Waals surface area contributed by atoms with Gasteiger partial charge in [-0.1, -0.05) is 12.1 Å². The highest BCUT2D eigenvalue weighted by atomic mass is 19.1. The molecule has 1 aromatic carbocycles. The Morgan fingerprint density at radius 2 is 2.06 bits per heavy atom. The number of aromatic nitrogens is 3. The maximum Gasteiger partial charge on any atom is 0.239 e. The number of rotatable bonds is 1. The molecule has 5 heteroatoms. The molecule has 0 radical (unpaired) electrons. The molecule has 2 N–H and O–H groups in total. The third kappa shape index (κ3) is 1.75. The monoisotopic (exact) mass is 246 g/mol. The second-order valence-electron chi connectivity index (χ2n) is 4.77. The van der Waals surface area contributed by atoms with Crippen LogP contribution >= 0.6 is 0 Å². The van der Waals surface area contributed by atoms with E-state index in [1.807, 2.05) is 16.8 Å². The molecule has 1 aliphatic rings.